The maximum absolute atomic E-state index is 10.2. The number of nitrogens with zero attached hydrogens (tertiary/aromatic N) is 2. The van der Waals surface area contributed by atoms with Crippen molar-refractivity contribution in [2.45, 2.75) is 0 Å². The van der Waals surface area contributed by atoms with Crippen molar-refractivity contribution in [3.05, 3.63) is 91.1 Å². The molecule has 0 saturated heterocycles. The van der Waals surface area contributed by atoms with E-state index in [-0.39, 0.29) is 22.2 Å². The molecule has 0 aliphatic rings. The van der Waals surface area contributed by atoms with E-state index in [9.17, 15) is 5.11 Å². The van der Waals surface area contributed by atoms with Crippen LogP contribution >= 0.6 is 0 Å². The minimum absolute atomic E-state index is 0. The Morgan fingerprint density at radius 3 is 2.29 bits per heavy atom. The minimum Gasteiger partial charge on any atom is -0.507 e. The maximum atomic E-state index is 10.2. The Morgan fingerprint density at radius 1 is 0.714 bits per heavy atom. The SMILES string of the molecule is Oc1ccccc1-c1ccc2ccc3ccc(-c4ccccn4)[c-]c3c2n1.[Ni]. The summed E-state index contributed by atoms with van der Waals surface area (Å²) >= 11 is 0. The molecular weight excluding hydrogens is 391 g/mol. The van der Waals surface area contributed by atoms with Crippen LogP contribution < -0.4 is 0 Å². The van der Waals surface area contributed by atoms with E-state index < -0.39 is 0 Å². The number of hydrogen-bond donors (Lipinski definition) is 1. The molecule has 5 aromatic rings. The van der Waals surface area contributed by atoms with Gasteiger partial charge in [0.25, 0.3) is 0 Å². The molecule has 0 atom stereocenters. The predicted octanol–water partition coefficient (Wildman–Crippen LogP) is 5.62. The number of rotatable bonds is 2. The van der Waals surface area contributed by atoms with E-state index in [0.717, 1.165) is 44.2 Å². The summed E-state index contributed by atoms with van der Waals surface area (Å²) in [5.74, 6) is 0.225. The second kappa shape index (κ2) is 7.42. The van der Waals surface area contributed by atoms with Crippen LogP contribution in [0.3, 0.4) is 0 Å². The number of phenolic OH excluding ortho intramolecular Hbond substituents is 1. The van der Waals surface area contributed by atoms with Gasteiger partial charge in [-0.05, 0) is 29.7 Å². The fourth-order valence-corrected chi connectivity index (χ4v) is 3.34. The van der Waals surface area contributed by atoms with E-state index in [1.54, 1.807) is 12.3 Å². The molecule has 3 aromatic carbocycles. The van der Waals surface area contributed by atoms with Crippen LogP contribution in [0.15, 0.2) is 85.1 Å². The summed E-state index contributed by atoms with van der Waals surface area (Å²) in [4.78, 5) is 9.29. The standard InChI is InChI=1S/C24H15N2O.Ni/c27-23-7-2-1-5-19(23)22-13-12-17-10-8-16-9-11-18(15-20(16)24(17)26-22)21-6-3-4-14-25-21;/h1-14,27H;/q-1;. The molecule has 0 spiro atoms. The van der Waals surface area contributed by atoms with Crippen molar-refractivity contribution in [3.8, 4) is 28.3 Å². The first-order valence-electron chi connectivity index (χ1n) is 8.75. The van der Waals surface area contributed by atoms with E-state index in [2.05, 4.69) is 29.2 Å². The van der Waals surface area contributed by atoms with Crippen molar-refractivity contribution in [2.75, 3.05) is 0 Å². The largest absolute Gasteiger partial charge is 0.507 e. The molecule has 0 fully saturated rings. The molecule has 28 heavy (non-hydrogen) atoms. The molecule has 0 aliphatic carbocycles. The smallest absolute Gasteiger partial charge is 0.124 e. The number of phenols is 1. The van der Waals surface area contributed by atoms with Crippen LogP contribution in [0.2, 0.25) is 0 Å². The molecule has 0 saturated carbocycles. The molecular formula is C24H15N2NiO-. The fraction of sp³-hybridized carbons (Fsp3) is 0. The summed E-state index contributed by atoms with van der Waals surface area (Å²) in [6.45, 7) is 0. The van der Waals surface area contributed by atoms with Crippen LogP contribution in [0.5, 0.6) is 5.75 Å². The monoisotopic (exact) mass is 405 g/mol. The Kier molecular flexibility index (Phi) is 4.81. The van der Waals surface area contributed by atoms with Gasteiger partial charge in [0, 0.05) is 39.5 Å². The molecule has 5 rings (SSSR count). The van der Waals surface area contributed by atoms with Gasteiger partial charge >= 0.3 is 0 Å². The van der Waals surface area contributed by atoms with Gasteiger partial charge in [-0.25, -0.2) is 0 Å². The molecule has 2 heterocycles. The van der Waals surface area contributed by atoms with E-state index in [1.165, 1.54) is 0 Å². The molecule has 0 unspecified atom stereocenters. The summed E-state index contributed by atoms with van der Waals surface area (Å²) in [5.41, 5.74) is 4.15. The zero-order valence-electron chi connectivity index (χ0n) is 14.7. The van der Waals surface area contributed by atoms with E-state index in [4.69, 9.17) is 4.98 Å². The second-order valence-corrected chi connectivity index (χ2v) is 6.40. The molecule has 0 amide bonds. The van der Waals surface area contributed by atoms with Crippen LogP contribution in [-0.2, 0) is 16.5 Å². The zero-order chi connectivity index (χ0) is 18.2. The number of benzene rings is 3. The maximum Gasteiger partial charge on any atom is 0.124 e. The van der Waals surface area contributed by atoms with Gasteiger partial charge in [-0.1, -0.05) is 58.8 Å². The fourth-order valence-electron chi connectivity index (χ4n) is 3.34. The number of aromatic nitrogens is 2. The molecule has 0 radical (unpaired) electrons. The van der Waals surface area contributed by atoms with Gasteiger partial charge in [-0.15, -0.1) is 18.2 Å². The Morgan fingerprint density at radius 2 is 1.46 bits per heavy atom. The Labute approximate surface area is 172 Å². The average molecular weight is 406 g/mol. The summed E-state index contributed by atoms with van der Waals surface area (Å²) in [7, 11) is 0. The topological polar surface area (TPSA) is 46.0 Å². The van der Waals surface area contributed by atoms with Gasteiger partial charge in [0.2, 0.25) is 0 Å². The predicted molar refractivity (Wildman–Crippen MR) is 108 cm³/mol. The number of fused-ring (bicyclic) bond motifs is 3. The molecule has 4 heteroatoms. The molecule has 1 N–H and O–H groups in total. The second-order valence-electron chi connectivity index (χ2n) is 6.40. The van der Waals surface area contributed by atoms with Crippen LogP contribution in [0.25, 0.3) is 44.2 Å². The number of pyridine rings is 2. The summed E-state index contributed by atoms with van der Waals surface area (Å²) < 4.78 is 0. The summed E-state index contributed by atoms with van der Waals surface area (Å²) in [5, 5.41) is 13.2. The Bertz CT molecular complexity index is 1290. The van der Waals surface area contributed by atoms with Crippen LogP contribution in [0.1, 0.15) is 0 Å². The van der Waals surface area contributed by atoms with Crippen molar-refractivity contribution < 1.29 is 21.6 Å². The first kappa shape index (κ1) is 18.2. The van der Waals surface area contributed by atoms with Gasteiger partial charge in [-0.2, -0.15) is 0 Å². The van der Waals surface area contributed by atoms with Crippen molar-refractivity contribution in [1.29, 1.82) is 0 Å². The number of aromatic hydroxyl groups is 1. The molecule has 138 valence electrons. The number of hydrogen-bond acceptors (Lipinski definition) is 3. The van der Waals surface area contributed by atoms with Gasteiger partial charge in [0.05, 0.1) is 5.69 Å². The molecule has 2 aromatic heterocycles. The summed E-state index contributed by atoms with van der Waals surface area (Å²) in [6, 6.07) is 28.8. The molecule has 0 bridgehead atoms. The van der Waals surface area contributed by atoms with Gasteiger partial charge < -0.3 is 5.11 Å². The van der Waals surface area contributed by atoms with Gasteiger partial charge in [0.15, 0.2) is 0 Å². The normalized spacial score (nSPS) is 10.7. The zero-order valence-corrected chi connectivity index (χ0v) is 15.7. The number of para-hydroxylation sites is 1. The van der Waals surface area contributed by atoms with Crippen molar-refractivity contribution in [3.63, 3.8) is 0 Å². The Balaban J connectivity index is 0.00000192. The van der Waals surface area contributed by atoms with Crippen molar-refractivity contribution in [1.82, 2.24) is 9.97 Å². The first-order valence-corrected chi connectivity index (χ1v) is 8.75. The van der Waals surface area contributed by atoms with Crippen LogP contribution in [0, 0.1) is 6.07 Å². The third kappa shape index (κ3) is 3.13. The minimum atomic E-state index is 0. The van der Waals surface area contributed by atoms with Gasteiger partial charge in [0.1, 0.15) is 5.75 Å². The van der Waals surface area contributed by atoms with E-state index in [1.807, 2.05) is 54.6 Å². The van der Waals surface area contributed by atoms with E-state index in [0.29, 0.717) is 0 Å². The van der Waals surface area contributed by atoms with Crippen molar-refractivity contribution >= 4 is 21.7 Å². The molecule has 0 aliphatic heterocycles. The van der Waals surface area contributed by atoms with E-state index >= 15 is 0 Å². The quantitative estimate of drug-likeness (QED) is 0.235. The third-order valence-electron chi connectivity index (χ3n) is 4.70. The molecule has 3 nitrogen and oxygen atoms in total. The van der Waals surface area contributed by atoms with Crippen LogP contribution in [-0.4, -0.2) is 15.1 Å². The third-order valence-corrected chi connectivity index (χ3v) is 4.70. The average Bonchev–Trinajstić information content (AvgIpc) is 2.74. The first-order chi connectivity index (χ1) is 13.3. The van der Waals surface area contributed by atoms with Crippen LogP contribution in [0.4, 0.5) is 0 Å². The van der Waals surface area contributed by atoms with Crippen molar-refractivity contribution in [2.24, 2.45) is 0 Å². The van der Waals surface area contributed by atoms with Gasteiger partial charge in [-0.3, -0.25) is 9.97 Å². The summed E-state index contributed by atoms with van der Waals surface area (Å²) in [6.07, 6.45) is 1.78. The Hall–Kier alpha value is -3.23.